The van der Waals surface area contributed by atoms with Crippen molar-refractivity contribution in [1.82, 2.24) is 15.3 Å². The van der Waals surface area contributed by atoms with Gasteiger partial charge < -0.3 is 24.3 Å². The molecule has 0 unspecified atom stereocenters. The zero-order valence-electron chi connectivity index (χ0n) is 26.5. The lowest BCUT2D eigenvalue weighted by molar-refractivity contribution is 0.00578. The summed E-state index contributed by atoms with van der Waals surface area (Å²) >= 11 is 0. The molecule has 6 rings (SSSR count). The average molecular weight is 570 g/mol. The monoisotopic (exact) mass is 569 g/mol. The van der Waals surface area contributed by atoms with Gasteiger partial charge in [0.05, 0.1) is 23.1 Å². The Balaban J connectivity index is 1.24. The Bertz CT molecular complexity index is 1520. The number of carbonyl (C=O) groups is 1. The van der Waals surface area contributed by atoms with Gasteiger partial charge in [0.2, 0.25) is 0 Å². The third kappa shape index (κ3) is 4.96. The molecule has 1 amide bonds. The summed E-state index contributed by atoms with van der Waals surface area (Å²) < 4.78 is 18.2. The van der Waals surface area contributed by atoms with Gasteiger partial charge in [-0.15, -0.1) is 0 Å². The van der Waals surface area contributed by atoms with Crippen molar-refractivity contribution in [3.8, 4) is 22.4 Å². The molecule has 3 aromatic rings. The van der Waals surface area contributed by atoms with E-state index in [2.05, 4.69) is 88.2 Å². The summed E-state index contributed by atoms with van der Waals surface area (Å²) in [6, 6.07) is 13.3. The van der Waals surface area contributed by atoms with Crippen LogP contribution in [0.15, 0.2) is 42.6 Å². The van der Waals surface area contributed by atoms with Gasteiger partial charge in [-0.2, -0.15) is 0 Å². The van der Waals surface area contributed by atoms with Gasteiger partial charge >= 0.3 is 13.2 Å². The largest absolute Gasteiger partial charge is 0.494 e. The number of aromatic amines is 1. The van der Waals surface area contributed by atoms with Crippen LogP contribution in [0, 0.1) is 0 Å². The molecule has 1 saturated heterocycles. The SMILES string of the molecule is CC(C)(C)OC(=O)N[C@H]1CCC[C@@H]1c1ncc(-c2ccc3c(c2)C(C)(C)c2cc(B4OC(C)(C)C(C)(C)O4)ccc2-3)[nH]1. The van der Waals surface area contributed by atoms with E-state index in [0.29, 0.717) is 0 Å². The summed E-state index contributed by atoms with van der Waals surface area (Å²) in [5.41, 5.74) is 6.78. The van der Waals surface area contributed by atoms with E-state index in [-0.39, 0.29) is 41.8 Å². The van der Waals surface area contributed by atoms with Gasteiger partial charge in [-0.1, -0.05) is 50.6 Å². The molecule has 1 aliphatic heterocycles. The number of nitrogens with zero attached hydrogens (tertiary/aromatic N) is 1. The van der Waals surface area contributed by atoms with Crippen LogP contribution >= 0.6 is 0 Å². The molecule has 1 aromatic heterocycles. The summed E-state index contributed by atoms with van der Waals surface area (Å²) in [4.78, 5) is 20.8. The minimum Gasteiger partial charge on any atom is -0.444 e. The van der Waals surface area contributed by atoms with E-state index < -0.39 is 5.60 Å². The second-order valence-electron chi connectivity index (χ2n) is 14.8. The van der Waals surface area contributed by atoms with E-state index in [0.717, 1.165) is 41.8 Å². The second kappa shape index (κ2) is 9.71. The van der Waals surface area contributed by atoms with E-state index in [1.807, 2.05) is 27.0 Å². The Labute approximate surface area is 250 Å². The number of ether oxygens (including phenoxy) is 1. The smallest absolute Gasteiger partial charge is 0.444 e. The van der Waals surface area contributed by atoms with Crippen LogP contribution in [0.5, 0.6) is 0 Å². The molecule has 0 bridgehead atoms. The van der Waals surface area contributed by atoms with Crippen molar-refractivity contribution in [2.75, 3.05) is 0 Å². The maximum absolute atomic E-state index is 12.5. The van der Waals surface area contributed by atoms with Crippen molar-refractivity contribution in [3.63, 3.8) is 0 Å². The summed E-state index contributed by atoms with van der Waals surface area (Å²) in [5, 5.41) is 3.08. The van der Waals surface area contributed by atoms with Gasteiger partial charge in [0.25, 0.3) is 0 Å². The number of amides is 1. The molecule has 0 spiro atoms. The highest BCUT2D eigenvalue weighted by Crippen LogP contribution is 2.49. The minimum absolute atomic E-state index is 0.00507. The number of carbonyl (C=O) groups excluding carboxylic acids is 1. The fraction of sp³-hybridized carbons (Fsp3) is 0.529. The zero-order chi connectivity index (χ0) is 30.2. The Morgan fingerprint density at radius 2 is 1.62 bits per heavy atom. The van der Waals surface area contributed by atoms with Crippen LogP contribution in [0.3, 0.4) is 0 Å². The highest BCUT2D eigenvalue weighted by molar-refractivity contribution is 6.62. The zero-order valence-corrected chi connectivity index (χ0v) is 26.5. The number of fused-ring (bicyclic) bond motifs is 3. The molecular weight excluding hydrogens is 525 g/mol. The lowest BCUT2D eigenvalue weighted by atomic mass is 9.74. The van der Waals surface area contributed by atoms with Crippen molar-refractivity contribution in [1.29, 1.82) is 0 Å². The lowest BCUT2D eigenvalue weighted by Gasteiger charge is -2.32. The predicted molar refractivity (Wildman–Crippen MR) is 167 cm³/mol. The molecular formula is C34H44BN3O4. The van der Waals surface area contributed by atoms with E-state index in [4.69, 9.17) is 19.0 Å². The van der Waals surface area contributed by atoms with Crippen LogP contribution in [0.1, 0.15) is 104 Å². The maximum atomic E-state index is 12.5. The van der Waals surface area contributed by atoms with Crippen molar-refractivity contribution >= 4 is 18.7 Å². The number of nitrogens with one attached hydrogen (secondary N) is 2. The third-order valence-corrected chi connectivity index (χ3v) is 9.70. The first-order valence-electron chi connectivity index (χ1n) is 15.3. The Morgan fingerprint density at radius 3 is 2.29 bits per heavy atom. The second-order valence-corrected chi connectivity index (χ2v) is 14.8. The van der Waals surface area contributed by atoms with Crippen LogP contribution in [-0.2, 0) is 19.5 Å². The number of benzene rings is 2. The van der Waals surface area contributed by atoms with Crippen molar-refractivity contribution in [2.45, 2.75) is 116 Å². The van der Waals surface area contributed by atoms with Gasteiger partial charge in [-0.3, -0.25) is 0 Å². The molecule has 2 aromatic carbocycles. The van der Waals surface area contributed by atoms with Crippen molar-refractivity contribution in [3.05, 3.63) is 59.5 Å². The van der Waals surface area contributed by atoms with Crippen LogP contribution in [0.4, 0.5) is 4.79 Å². The van der Waals surface area contributed by atoms with E-state index in [1.54, 1.807) is 0 Å². The Morgan fingerprint density at radius 1 is 0.976 bits per heavy atom. The van der Waals surface area contributed by atoms with Crippen molar-refractivity contribution in [2.24, 2.45) is 0 Å². The topological polar surface area (TPSA) is 85.5 Å². The van der Waals surface area contributed by atoms with Crippen LogP contribution < -0.4 is 10.8 Å². The van der Waals surface area contributed by atoms with E-state index >= 15 is 0 Å². The maximum Gasteiger partial charge on any atom is 0.494 e. The summed E-state index contributed by atoms with van der Waals surface area (Å²) in [6.07, 6.45) is 4.49. The molecule has 2 atom stereocenters. The number of aromatic nitrogens is 2. The molecule has 42 heavy (non-hydrogen) atoms. The molecule has 2 heterocycles. The van der Waals surface area contributed by atoms with Crippen LogP contribution in [0.2, 0.25) is 0 Å². The molecule has 2 fully saturated rings. The van der Waals surface area contributed by atoms with Gasteiger partial charge in [0.1, 0.15) is 11.4 Å². The molecule has 1 saturated carbocycles. The quantitative estimate of drug-likeness (QED) is 0.336. The normalized spacial score (nSPS) is 23.5. The summed E-state index contributed by atoms with van der Waals surface area (Å²) in [5.74, 6) is 1.05. The number of rotatable bonds is 4. The minimum atomic E-state index is -0.523. The highest BCUT2D eigenvalue weighted by Gasteiger charge is 2.52. The lowest BCUT2D eigenvalue weighted by Crippen LogP contribution is -2.41. The predicted octanol–water partition coefficient (Wildman–Crippen LogP) is 6.84. The van der Waals surface area contributed by atoms with Crippen LogP contribution in [0.25, 0.3) is 22.4 Å². The molecule has 2 aliphatic carbocycles. The summed E-state index contributed by atoms with van der Waals surface area (Å²) in [6.45, 7) is 18.6. The Kier molecular flexibility index (Phi) is 6.71. The first kappa shape index (κ1) is 29.0. The molecule has 222 valence electrons. The van der Waals surface area contributed by atoms with Gasteiger partial charge in [0, 0.05) is 17.4 Å². The number of alkyl carbamates (subject to hydrolysis) is 1. The van der Waals surface area contributed by atoms with Gasteiger partial charge in [-0.05, 0) is 101 Å². The average Bonchev–Trinajstić information content (AvgIpc) is 3.63. The molecule has 0 radical (unpaired) electrons. The number of H-pyrrole nitrogens is 1. The molecule has 3 aliphatic rings. The van der Waals surface area contributed by atoms with E-state index in [9.17, 15) is 4.79 Å². The molecule has 2 N–H and O–H groups in total. The van der Waals surface area contributed by atoms with E-state index in [1.165, 1.54) is 22.3 Å². The third-order valence-electron chi connectivity index (χ3n) is 9.70. The highest BCUT2D eigenvalue weighted by atomic mass is 16.7. The first-order valence-corrected chi connectivity index (χ1v) is 15.3. The van der Waals surface area contributed by atoms with Gasteiger partial charge in [-0.25, -0.2) is 9.78 Å². The number of imidazole rings is 1. The summed E-state index contributed by atoms with van der Waals surface area (Å²) in [7, 11) is -0.386. The van der Waals surface area contributed by atoms with Gasteiger partial charge in [0.15, 0.2) is 0 Å². The van der Waals surface area contributed by atoms with Crippen LogP contribution in [-0.4, -0.2) is 46.0 Å². The molecule has 7 nitrogen and oxygen atoms in total. The van der Waals surface area contributed by atoms with Crippen molar-refractivity contribution < 1.29 is 18.8 Å². The standard InChI is InChI=1S/C34H44BN3O4/c1-31(2,3)40-30(39)38-27-12-10-11-24(27)29-36-19-28(37-29)20-13-15-22-23-16-14-21(18-26(23)32(4,5)25(22)17-20)35-41-33(6,7)34(8,9)42-35/h13-19,24,27H,10-12H2,1-9H3,(H,36,37)(H,38,39)/t24-,27-/m0/s1. The fourth-order valence-electron chi connectivity index (χ4n) is 6.64. The molecule has 8 heteroatoms. The Hall–Kier alpha value is -3.10. The first-order chi connectivity index (χ1) is 19.6. The number of hydrogen-bond acceptors (Lipinski definition) is 5. The number of hydrogen-bond donors (Lipinski definition) is 2. The fourth-order valence-corrected chi connectivity index (χ4v) is 6.64.